The zero-order chi connectivity index (χ0) is 26.3. The quantitative estimate of drug-likeness (QED) is 0.386. The van der Waals surface area contributed by atoms with Crippen molar-refractivity contribution in [3.63, 3.8) is 0 Å². The lowest BCUT2D eigenvalue weighted by Crippen LogP contribution is -2.54. The van der Waals surface area contributed by atoms with Crippen LogP contribution in [0.1, 0.15) is 42.6 Å². The first-order valence-corrected chi connectivity index (χ1v) is 14.2. The minimum Gasteiger partial charge on any atom is -0.496 e. The summed E-state index contributed by atoms with van der Waals surface area (Å²) in [7, 11) is -2.03. The third kappa shape index (κ3) is 4.73. The average Bonchev–Trinajstić information content (AvgIpc) is 3.65. The van der Waals surface area contributed by atoms with Crippen LogP contribution in [0.4, 0.5) is 0 Å². The van der Waals surface area contributed by atoms with Crippen molar-refractivity contribution in [1.29, 1.82) is 0 Å². The fourth-order valence-electron chi connectivity index (χ4n) is 6.21. The predicted octanol–water partition coefficient (Wildman–Crippen LogP) is 0.545. The number of carbonyl (C=O) groups excluding carboxylic acids is 3. The Morgan fingerprint density at radius 3 is 2.76 bits per heavy atom. The zero-order valence-corrected chi connectivity index (χ0v) is 21.4. The first-order chi connectivity index (χ1) is 17.7. The Morgan fingerprint density at radius 1 is 1.24 bits per heavy atom. The van der Waals surface area contributed by atoms with Gasteiger partial charge < -0.3 is 25.0 Å². The van der Waals surface area contributed by atoms with Crippen molar-refractivity contribution in [1.82, 2.24) is 19.9 Å². The number of nitrogens with one attached hydrogen (secondary N) is 3. The molecule has 3 heterocycles. The van der Waals surface area contributed by atoms with Gasteiger partial charge in [0.1, 0.15) is 24.1 Å². The SMILES string of the molecule is COc1cccc2[nH]c(C(=O)N3C[C@@H]4CCC[C@@H]4[C@H]3C(=O)NC(C[C@@H]3CCNS3(=O)=O)C(=O)CO)cc12. The van der Waals surface area contributed by atoms with E-state index in [1.54, 1.807) is 24.1 Å². The Hall–Kier alpha value is -2.96. The van der Waals surface area contributed by atoms with Gasteiger partial charge in [-0.15, -0.1) is 0 Å². The molecule has 2 saturated heterocycles. The highest BCUT2D eigenvalue weighted by atomic mass is 32.2. The predicted molar refractivity (Wildman–Crippen MR) is 134 cm³/mol. The average molecular weight is 533 g/mol. The second-order valence-corrected chi connectivity index (χ2v) is 12.2. The molecule has 12 heteroatoms. The summed E-state index contributed by atoms with van der Waals surface area (Å²) in [5.41, 5.74) is 1.08. The van der Waals surface area contributed by atoms with Crippen molar-refractivity contribution in [2.75, 3.05) is 26.8 Å². The van der Waals surface area contributed by atoms with Crippen LogP contribution in [0.3, 0.4) is 0 Å². The molecule has 5 rings (SSSR count). The van der Waals surface area contributed by atoms with Crippen molar-refractivity contribution in [3.05, 3.63) is 30.0 Å². The van der Waals surface area contributed by atoms with Crippen LogP contribution >= 0.6 is 0 Å². The van der Waals surface area contributed by atoms with E-state index in [1.165, 1.54) is 0 Å². The highest BCUT2D eigenvalue weighted by molar-refractivity contribution is 7.90. The fraction of sp³-hybridized carbons (Fsp3) is 0.560. The van der Waals surface area contributed by atoms with Gasteiger partial charge in [-0.2, -0.15) is 0 Å². The second-order valence-electron chi connectivity index (χ2n) is 10.1. The van der Waals surface area contributed by atoms with E-state index in [9.17, 15) is 27.9 Å². The minimum absolute atomic E-state index is 0.0513. The van der Waals surface area contributed by atoms with E-state index in [0.717, 1.165) is 30.2 Å². The van der Waals surface area contributed by atoms with Crippen LogP contribution in [0.15, 0.2) is 24.3 Å². The summed E-state index contributed by atoms with van der Waals surface area (Å²) in [6.45, 7) is -0.125. The number of benzene rings is 1. The summed E-state index contributed by atoms with van der Waals surface area (Å²) in [6, 6.07) is 5.23. The number of aromatic amines is 1. The maximum absolute atomic E-state index is 13.7. The van der Waals surface area contributed by atoms with Crippen LogP contribution < -0.4 is 14.8 Å². The van der Waals surface area contributed by atoms with Gasteiger partial charge in [-0.25, -0.2) is 13.1 Å². The second kappa shape index (κ2) is 10.1. The van der Waals surface area contributed by atoms with Crippen molar-refractivity contribution < 1.29 is 32.6 Å². The number of hydrogen-bond donors (Lipinski definition) is 4. The maximum atomic E-state index is 13.7. The van der Waals surface area contributed by atoms with E-state index in [-0.39, 0.29) is 30.7 Å². The van der Waals surface area contributed by atoms with Gasteiger partial charge in [-0.3, -0.25) is 14.4 Å². The molecule has 5 atom stereocenters. The van der Waals surface area contributed by atoms with Crippen molar-refractivity contribution in [2.24, 2.45) is 11.8 Å². The van der Waals surface area contributed by atoms with Gasteiger partial charge in [0, 0.05) is 24.0 Å². The first-order valence-electron chi connectivity index (χ1n) is 12.6. The molecule has 1 aromatic carbocycles. The standard InChI is InChI=1S/C25H32N4O7S/c1-36-22-7-3-6-18-17(22)11-20(27-18)25(33)29-12-14-4-2-5-16(14)23(29)24(32)28-19(21(31)13-30)10-15-8-9-26-37(15,34)35/h3,6-7,11,14-16,19,23,26-27,30H,2,4-5,8-10,12-13H2,1H3,(H,28,32)/t14-,15-,16-,19?,23-/m0/s1. The molecule has 0 spiro atoms. The highest BCUT2D eigenvalue weighted by Gasteiger charge is 2.50. The van der Waals surface area contributed by atoms with Gasteiger partial charge in [0.15, 0.2) is 5.78 Å². The monoisotopic (exact) mass is 532 g/mol. The number of aliphatic hydroxyl groups is 1. The lowest BCUT2D eigenvalue weighted by molar-refractivity contribution is -0.132. The zero-order valence-electron chi connectivity index (χ0n) is 20.6. The molecule has 2 aliphatic heterocycles. The Morgan fingerprint density at radius 2 is 2.05 bits per heavy atom. The van der Waals surface area contributed by atoms with Gasteiger partial charge in [0.05, 0.1) is 18.4 Å². The van der Waals surface area contributed by atoms with Crippen molar-refractivity contribution >= 4 is 38.5 Å². The molecule has 11 nitrogen and oxygen atoms in total. The third-order valence-electron chi connectivity index (χ3n) is 8.06. The number of rotatable bonds is 8. The summed E-state index contributed by atoms with van der Waals surface area (Å²) >= 11 is 0. The molecule has 3 fully saturated rings. The van der Waals surface area contributed by atoms with Gasteiger partial charge in [-0.1, -0.05) is 12.5 Å². The Labute approximate surface area is 215 Å². The number of methoxy groups -OCH3 is 1. The number of nitrogens with zero attached hydrogens (tertiary/aromatic N) is 1. The van der Waals surface area contributed by atoms with Crippen LogP contribution in [-0.4, -0.2) is 85.1 Å². The number of ketones is 1. The van der Waals surface area contributed by atoms with Crippen LogP contribution in [-0.2, 0) is 19.6 Å². The number of aliphatic hydroxyl groups excluding tert-OH is 1. The summed E-state index contributed by atoms with van der Waals surface area (Å²) in [4.78, 5) is 44.5. The van der Waals surface area contributed by atoms with Gasteiger partial charge in [0.25, 0.3) is 5.91 Å². The third-order valence-corrected chi connectivity index (χ3v) is 9.97. The molecule has 3 aliphatic rings. The number of aromatic nitrogens is 1. The molecule has 2 aromatic rings. The minimum atomic E-state index is -3.59. The number of Topliss-reactive ketones (excluding diaryl/α,β-unsaturated/α-hetero) is 1. The Balaban J connectivity index is 1.40. The number of amides is 2. The smallest absolute Gasteiger partial charge is 0.271 e. The van der Waals surface area contributed by atoms with Crippen molar-refractivity contribution in [3.8, 4) is 5.75 Å². The molecule has 37 heavy (non-hydrogen) atoms. The number of carbonyl (C=O) groups is 3. The normalized spacial score (nSPS) is 27.2. The number of H-pyrrole nitrogens is 1. The number of hydrogen-bond acceptors (Lipinski definition) is 7. The van der Waals surface area contributed by atoms with E-state index in [4.69, 9.17) is 4.74 Å². The van der Waals surface area contributed by atoms with E-state index >= 15 is 0 Å². The Kier molecular flexibility index (Phi) is 6.99. The number of ether oxygens (including phenoxy) is 1. The molecule has 1 saturated carbocycles. The summed E-state index contributed by atoms with van der Waals surface area (Å²) in [5, 5.41) is 12.1. The van der Waals surface area contributed by atoms with Crippen LogP contribution in [0, 0.1) is 11.8 Å². The molecular formula is C25H32N4O7S. The van der Waals surface area contributed by atoms with Gasteiger partial charge >= 0.3 is 0 Å². The molecule has 1 aromatic heterocycles. The van der Waals surface area contributed by atoms with E-state index < -0.39 is 45.7 Å². The van der Waals surface area contributed by atoms with Gasteiger partial charge in [-0.05, 0) is 55.7 Å². The maximum Gasteiger partial charge on any atom is 0.271 e. The largest absolute Gasteiger partial charge is 0.496 e. The lowest BCUT2D eigenvalue weighted by atomic mass is 9.93. The van der Waals surface area contributed by atoms with E-state index in [0.29, 0.717) is 24.4 Å². The van der Waals surface area contributed by atoms with E-state index in [1.807, 2.05) is 12.1 Å². The van der Waals surface area contributed by atoms with Crippen LogP contribution in [0.5, 0.6) is 5.75 Å². The molecule has 2 amide bonds. The molecule has 0 bridgehead atoms. The van der Waals surface area contributed by atoms with Gasteiger partial charge in [0.2, 0.25) is 15.9 Å². The van der Waals surface area contributed by atoms with Crippen molar-refractivity contribution in [2.45, 2.75) is 49.4 Å². The molecular weight excluding hydrogens is 500 g/mol. The molecule has 1 unspecified atom stereocenters. The summed E-state index contributed by atoms with van der Waals surface area (Å²) < 4.78 is 32.3. The topological polar surface area (TPSA) is 158 Å². The highest BCUT2D eigenvalue weighted by Crippen LogP contribution is 2.43. The molecule has 200 valence electrons. The number of likely N-dealkylation sites (tertiary alicyclic amines) is 1. The fourth-order valence-corrected chi connectivity index (χ4v) is 7.72. The molecule has 0 radical (unpaired) electrons. The lowest BCUT2D eigenvalue weighted by Gasteiger charge is -2.29. The van der Waals surface area contributed by atoms with Crippen LogP contribution in [0.25, 0.3) is 10.9 Å². The molecule has 1 aliphatic carbocycles. The van der Waals surface area contributed by atoms with E-state index in [2.05, 4.69) is 15.0 Å². The molecule has 4 N–H and O–H groups in total. The summed E-state index contributed by atoms with van der Waals surface area (Å²) in [5.74, 6) is -0.722. The Bertz CT molecular complexity index is 1320. The first kappa shape index (κ1) is 25.7. The number of sulfonamides is 1. The summed E-state index contributed by atoms with van der Waals surface area (Å²) in [6.07, 6.45) is 2.83. The number of fused-ring (bicyclic) bond motifs is 2. The van der Waals surface area contributed by atoms with Crippen LogP contribution in [0.2, 0.25) is 0 Å².